The summed E-state index contributed by atoms with van der Waals surface area (Å²) < 4.78 is 5.15. The Labute approximate surface area is 161 Å². The number of hydrogen-bond acceptors (Lipinski definition) is 5. The minimum Gasteiger partial charge on any atom is -0.497 e. The predicted octanol–water partition coefficient (Wildman–Crippen LogP) is 2.61. The van der Waals surface area contributed by atoms with Crippen molar-refractivity contribution in [3.63, 3.8) is 0 Å². The molecule has 1 unspecified atom stereocenters. The van der Waals surface area contributed by atoms with Crippen LogP contribution in [-0.2, 0) is 16.0 Å². The lowest BCUT2D eigenvalue weighted by Crippen LogP contribution is -2.30. The van der Waals surface area contributed by atoms with Crippen molar-refractivity contribution in [3.05, 3.63) is 70.8 Å². The highest BCUT2D eigenvalue weighted by molar-refractivity contribution is 8.05. The molecule has 7 heteroatoms. The van der Waals surface area contributed by atoms with Gasteiger partial charge in [-0.2, -0.15) is 5.26 Å². The van der Waals surface area contributed by atoms with Crippen molar-refractivity contribution in [2.24, 2.45) is 5.73 Å². The highest BCUT2D eigenvalue weighted by Crippen LogP contribution is 2.41. The van der Waals surface area contributed by atoms with E-state index in [-0.39, 0.29) is 16.5 Å². The van der Waals surface area contributed by atoms with Crippen molar-refractivity contribution in [2.75, 3.05) is 12.0 Å². The fourth-order valence-electron chi connectivity index (χ4n) is 2.79. The fourth-order valence-corrected chi connectivity index (χ4v) is 4.10. The minimum atomic E-state index is -0.848. The lowest BCUT2D eigenvalue weighted by Gasteiger charge is -2.18. The van der Waals surface area contributed by atoms with Gasteiger partial charge in [0.25, 0.3) is 5.91 Å². The van der Waals surface area contributed by atoms with Gasteiger partial charge in [-0.1, -0.05) is 42.1 Å². The number of carbonyl (C=O) groups excluding carboxylic acids is 2. The molecule has 1 aliphatic heterocycles. The van der Waals surface area contributed by atoms with Gasteiger partial charge >= 0.3 is 0 Å². The number of hydrogen-bond donors (Lipinski definition) is 1. The number of primary amides is 1. The van der Waals surface area contributed by atoms with Crippen LogP contribution in [0.4, 0.5) is 5.69 Å². The number of amides is 2. The summed E-state index contributed by atoms with van der Waals surface area (Å²) in [7, 11) is 1.59. The molecule has 2 aromatic carbocycles. The van der Waals surface area contributed by atoms with Crippen LogP contribution in [0.3, 0.4) is 0 Å². The summed E-state index contributed by atoms with van der Waals surface area (Å²) in [4.78, 5) is 26.2. The number of para-hydroxylation sites is 1. The molecule has 1 heterocycles. The van der Waals surface area contributed by atoms with Crippen molar-refractivity contribution in [1.82, 2.24) is 0 Å². The van der Waals surface area contributed by atoms with E-state index in [9.17, 15) is 14.9 Å². The Morgan fingerprint density at radius 1 is 1.22 bits per heavy atom. The van der Waals surface area contributed by atoms with E-state index in [4.69, 9.17) is 10.5 Å². The average molecular weight is 379 g/mol. The van der Waals surface area contributed by atoms with E-state index in [0.717, 1.165) is 11.3 Å². The van der Waals surface area contributed by atoms with Crippen molar-refractivity contribution in [3.8, 4) is 11.8 Å². The molecular formula is C20H17N3O3S. The fraction of sp³-hybridized carbons (Fsp3) is 0.150. The molecule has 1 aliphatic rings. The third kappa shape index (κ3) is 3.81. The zero-order chi connectivity index (χ0) is 19.4. The summed E-state index contributed by atoms with van der Waals surface area (Å²) in [5, 5.41) is 9.18. The van der Waals surface area contributed by atoms with Gasteiger partial charge in [0.15, 0.2) is 0 Å². The third-order valence-electron chi connectivity index (χ3n) is 4.12. The number of benzene rings is 2. The van der Waals surface area contributed by atoms with Gasteiger partial charge in [0, 0.05) is 5.69 Å². The molecule has 2 amide bonds. The normalized spacial score (nSPS) is 18.1. The van der Waals surface area contributed by atoms with E-state index in [1.807, 2.05) is 36.4 Å². The summed E-state index contributed by atoms with van der Waals surface area (Å²) in [5.41, 5.74) is 6.69. The summed E-state index contributed by atoms with van der Waals surface area (Å²) in [6.07, 6.45) is 0.456. The Kier molecular flexibility index (Phi) is 5.48. The second-order valence-corrected chi connectivity index (χ2v) is 7.02. The third-order valence-corrected chi connectivity index (χ3v) is 5.38. The Bertz CT molecular complexity index is 933. The number of carbonyl (C=O) groups is 2. The summed E-state index contributed by atoms with van der Waals surface area (Å²) in [5.74, 6) is -0.305. The maximum absolute atomic E-state index is 13.1. The molecule has 0 spiro atoms. The van der Waals surface area contributed by atoms with Crippen molar-refractivity contribution < 1.29 is 14.3 Å². The first kappa shape index (κ1) is 18.5. The molecule has 136 valence electrons. The predicted molar refractivity (Wildman–Crippen MR) is 104 cm³/mol. The van der Waals surface area contributed by atoms with Crippen LogP contribution in [0.2, 0.25) is 0 Å². The Balaban J connectivity index is 1.97. The van der Waals surface area contributed by atoms with E-state index < -0.39 is 11.2 Å². The molecule has 3 rings (SSSR count). The Morgan fingerprint density at radius 2 is 1.89 bits per heavy atom. The van der Waals surface area contributed by atoms with Gasteiger partial charge in [0.2, 0.25) is 5.91 Å². The number of nitrogens with two attached hydrogens (primary N) is 1. The summed E-state index contributed by atoms with van der Waals surface area (Å²) in [6, 6.07) is 18.2. The average Bonchev–Trinajstić information content (AvgIpc) is 2.99. The van der Waals surface area contributed by atoms with Crippen molar-refractivity contribution in [1.29, 1.82) is 5.26 Å². The second kappa shape index (κ2) is 7.98. The monoisotopic (exact) mass is 379 g/mol. The van der Waals surface area contributed by atoms with Gasteiger partial charge in [-0.05, 0) is 36.2 Å². The number of nitrogens with zero attached hydrogens (tertiary/aromatic N) is 2. The standard InChI is InChI=1S/C20H17N3O3S/c1-26-15-9-7-13(8-10-15)11-17-19(25)23(14-5-3-2-4-6-14)20(27-17)16(12-21)18(22)24/h2-10,17H,11H2,1H3,(H2,22,24). The smallest absolute Gasteiger partial charge is 0.262 e. The first-order chi connectivity index (χ1) is 13.0. The van der Waals surface area contributed by atoms with E-state index in [1.165, 1.54) is 16.7 Å². The van der Waals surface area contributed by atoms with Crippen LogP contribution in [0.25, 0.3) is 0 Å². The SMILES string of the molecule is COc1ccc(CC2SC(=C(C#N)C(N)=O)N(c3ccccc3)C2=O)cc1. The highest BCUT2D eigenvalue weighted by Gasteiger charge is 2.40. The topological polar surface area (TPSA) is 96.4 Å². The number of thioether (sulfide) groups is 1. The quantitative estimate of drug-likeness (QED) is 0.636. The molecule has 2 aromatic rings. The van der Waals surface area contributed by atoms with Crippen molar-refractivity contribution >= 4 is 29.3 Å². The first-order valence-corrected chi connectivity index (χ1v) is 9.06. The number of nitriles is 1. The lowest BCUT2D eigenvalue weighted by atomic mass is 10.1. The zero-order valence-electron chi connectivity index (χ0n) is 14.6. The molecule has 1 fully saturated rings. The van der Waals surface area contributed by atoms with Crippen LogP contribution in [0.5, 0.6) is 5.75 Å². The number of rotatable bonds is 5. The molecule has 2 N–H and O–H groups in total. The molecule has 1 saturated heterocycles. The molecule has 0 radical (unpaired) electrons. The molecule has 0 saturated carbocycles. The molecular weight excluding hydrogens is 362 g/mol. The van der Waals surface area contributed by atoms with Crippen molar-refractivity contribution in [2.45, 2.75) is 11.7 Å². The van der Waals surface area contributed by atoms with Gasteiger partial charge in [-0.15, -0.1) is 0 Å². The van der Waals surface area contributed by atoms with E-state index in [1.54, 1.807) is 31.4 Å². The molecule has 0 aliphatic carbocycles. The summed E-state index contributed by atoms with van der Waals surface area (Å²) in [6.45, 7) is 0. The summed E-state index contributed by atoms with van der Waals surface area (Å²) >= 11 is 1.19. The zero-order valence-corrected chi connectivity index (χ0v) is 15.4. The lowest BCUT2D eigenvalue weighted by molar-refractivity contribution is -0.117. The minimum absolute atomic E-state index is 0.189. The van der Waals surface area contributed by atoms with E-state index in [2.05, 4.69) is 0 Å². The van der Waals surface area contributed by atoms with E-state index in [0.29, 0.717) is 12.1 Å². The largest absolute Gasteiger partial charge is 0.497 e. The van der Waals surface area contributed by atoms with Crippen LogP contribution >= 0.6 is 11.8 Å². The van der Waals surface area contributed by atoms with Crippen LogP contribution < -0.4 is 15.4 Å². The molecule has 0 aromatic heterocycles. The van der Waals surface area contributed by atoms with Gasteiger partial charge < -0.3 is 10.5 Å². The van der Waals surface area contributed by atoms with Gasteiger partial charge in [0.05, 0.1) is 12.4 Å². The molecule has 1 atom stereocenters. The van der Waals surface area contributed by atoms with Gasteiger partial charge in [-0.25, -0.2) is 0 Å². The molecule has 27 heavy (non-hydrogen) atoms. The maximum atomic E-state index is 13.1. The van der Waals surface area contributed by atoms with Crippen LogP contribution in [0, 0.1) is 11.3 Å². The van der Waals surface area contributed by atoms with Gasteiger partial charge in [-0.3, -0.25) is 14.5 Å². The Morgan fingerprint density at radius 3 is 2.44 bits per heavy atom. The number of ether oxygens (including phenoxy) is 1. The number of methoxy groups -OCH3 is 1. The second-order valence-electron chi connectivity index (χ2n) is 5.82. The molecule has 0 bridgehead atoms. The first-order valence-electron chi connectivity index (χ1n) is 8.18. The number of anilines is 1. The van der Waals surface area contributed by atoms with Crippen LogP contribution in [0.1, 0.15) is 5.56 Å². The maximum Gasteiger partial charge on any atom is 0.262 e. The Hall–Kier alpha value is -3.24. The van der Waals surface area contributed by atoms with E-state index >= 15 is 0 Å². The highest BCUT2D eigenvalue weighted by atomic mass is 32.2. The molecule has 6 nitrogen and oxygen atoms in total. The van der Waals surface area contributed by atoms with Gasteiger partial charge in [0.1, 0.15) is 22.4 Å². The van der Waals surface area contributed by atoms with Crippen LogP contribution in [-0.4, -0.2) is 24.2 Å². The van der Waals surface area contributed by atoms with Crippen LogP contribution in [0.15, 0.2) is 65.2 Å².